The number of nitrogens with one attached hydrogen (secondary N) is 1. The highest BCUT2D eigenvalue weighted by atomic mass is 16.4. The van der Waals surface area contributed by atoms with Crippen molar-refractivity contribution in [3.05, 3.63) is 0 Å². The first-order chi connectivity index (χ1) is 8.99. The maximum atomic E-state index is 12.0. The number of carbonyl (C=O) groups is 1. The second-order valence-electron chi connectivity index (χ2n) is 5.13. The van der Waals surface area contributed by atoms with E-state index in [4.69, 9.17) is 10.9 Å². The number of hydrogen-bond donors (Lipinski definition) is 3. The van der Waals surface area contributed by atoms with Crippen LogP contribution in [0.3, 0.4) is 0 Å². The first kappa shape index (κ1) is 15.7. The molecule has 1 amide bonds. The van der Waals surface area contributed by atoms with Crippen LogP contribution in [0, 0.1) is 5.92 Å². The highest BCUT2D eigenvalue weighted by molar-refractivity contribution is 6.01. The number of amidine groups is 1. The fourth-order valence-corrected chi connectivity index (χ4v) is 2.26. The van der Waals surface area contributed by atoms with Gasteiger partial charge in [0.1, 0.15) is 0 Å². The van der Waals surface area contributed by atoms with Crippen LogP contribution in [0.1, 0.15) is 13.3 Å². The number of nitrogens with two attached hydrogens (primary N) is 1. The molecule has 2 unspecified atom stereocenters. The lowest BCUT2D eigenvalue weighted by atomic mass is 10.0. The zero-order chi connectivity index (χ0) is 14.4. The lowest BCUT2D eigenvalue weighted by Gasteiger charge is -2.37. The van der Waals surface area contributed by atoms with Crippen molar-refractivity contribution in [1.29, 1.82) is 0 Å². The van der Waals surface area contributed by atoms with E-state index in [1.807, 2.05) is 6.92 Å². The van der Waals surface area contributed by atoms with E-state index in [9.17, 15) is 4.79 Å². The van der Waals surface area contributed by atoms with Crippen LogP contribution in [0.25, 0.3) is 0 Å². The Hall–Kier alpha value is -1.34. The predicted octanol–water partition coefficient (Wildman–Crippen LogP) is -0.879. The monoisotopic (exact) mass is 271 g/mol. The van der Waals surface area contributed by atoms with Crippen LogP contribution in [-0.4, -0.2) is 73.1 Å². The Bertz CT molecular complexity index is 334. The lowest BCUT2D eigenvalue weighted by Crippen LogP contribution is -2.55. The maximum Gasteiger partial charge on any atom is 0.230 e. The zero-order valence-electron chi connectivity index (χ0n) is 12.0. The maximum absolute atomic E-state index is 12.0. The van der Waals surface area contributed by atoms with Gasteiger partial charge in [0, 0.05) is 32.2 Å². The second kappa shape index (κ2) is 7.30. The van der Waals surface area contributed by atoms with E-state index in [1.165, 1.54) is 0 Å². The van der Waals surface area contributed by atoms with Crippen LogP contribution < -0.4 is 11.1 Å². The first-order valence-corrected chi connectivity index (χ1v) is 6.63. The quantitative estimate of drug-likeness (QED) is 0.261. The van der Waals surface area contributed by atoms with Gasteiger partial charge in [0.05, 0.1) is 5.92 Å². The first-order valence-electron chi connectivity index (χ1n) is 6.63. The van der Waals surface area contributed by atoms with Gasteiger partial charge in [0.25, 0.3) is 0 Å². The Kier molecular flexibility index (Phi) is 6.04. The molecule has 0 spiro atoms. The summed E-state index contributed by atoms with van der Waals surface area (Å²) in [5.41, 5.74) is 5.51. The molecule has 0 bridgehead atoms. The smallest absolute Gasteiger partial charge is 0.230 e. The number of amides is 1. The molecular weight excluding hydrogens is 246 g/mol. The number of piperazine rings is 1. The van der Waals surface area contributed by atoms with Crippen molar-refractivity contribution in [2.75, 3.05) is 40.3 Å². The Morgan fingerprint density at radius 2 is 2.21 bits per heavy atom. The third-order valence-corrected chi connectivity index (χ3v) is 3.69. The molecule has 19 heavy (non-hydrogen) atoms. The summed E-state index contributed by atoms with van der Waals surface area (Å²) >= 11 is 0. The summed E-state index contributed by atoms with van der Waals surface area (Å²) in [5, 5.41) is 14.5. The lowest BCUT2D eigenvalue weighted by molar-refractivity contribution is -0.123. The molecule has 7 nitrogen and oxygen atoms in total. The summed E-state index contributed by atoms with van der Waals surface area (Å²) < 4.78 is 0. The third kappa shape index (κ3) is 4.36. The number of likely N-dealkylation sites (N-methyl/N-ethyl adjacent to an activating group) is 2. The second-order valence-corrected chi connectivity index (χ2v) is 5.13. The summed E-state index contributed by atoms with van der Waals surface area (Å²) in [7, 11) is 4.14. The van der Waals surface area contributed by atoms with E-state index >= 15 is 0 Å². The average molecular weight is 271 g/mol. The summed E-state index contributed by atoms with van der Waals surface area (Å²) in [6.45, 7) is 5.38. The number of carbonyl (C=O) groups excluding carboxylic acids is 1. The van der Waals surface area contributed by atoms with E-state index in [-0.39, 0.29) is 11.7 Å². The van der Waals surface area contributed by atoms with Gasteiger partial charge in [0.15, 0.2) is 5.84 Å². The van der Waals surface area contributed by atoms with Crippen molar-refractivity contribution in [1.82, 2.24) is 15.1 Å². The van der Waals surface area contributed by atoms with Gasteiger partial charge in [0.2, 0.25) is 5.91 Å². The fourth-order valence-electron chi connectivity index (χ4n) is 2.26. The molecule has 0 aliphatic carbocycles. The molecule has 1 aliphatic heterocycles. The number of nitrogens with zero attached hydrogens (tertiary/aromatic N) is 3. The molecule has 0 saturated carbocycles. The van der Waals surface area contributed by atoms with Crippen molar-refractivity contribution >= 4 is 11.7 Å². The molecular formula is C12H25N5O2. The van der Waals surface area contributed by atoms with Crippen molar-refractivity contribution < 1.29 is 10.0 Å². The van der Waals surface area contributed by atoms with Gasteiger partial charge >= 0.3 is 0 Å². The Morgan fingerprint density at radius 1 is 1.53 bits per heavy atom. The number of hydrogen-bond acceptors (Lipinski definition) is 5. The van der Waals surface area contributed by atoms with Crippen molar-refractivity contribution in [3.8, 4) is 0 Å². The van der Waals surface area contributed by atoms with Crippen molar-refractivity contribution in [3.63, 3.8) is 0 Å². The summed E-state index contributed by atoms with van der Waals surface area (Å²) in [6, 6.07) is 0.299. The normalized spacial score (nSPS) is 24.2. The van der Waals surface area contributed by atoms with Gasteiger partial charge in [-0.25, -0.2) is 0 Å². The van der Waals surface area contributed by atoms with Crippen molar-refractivity contribution in [2.24, 2.45) is 16.8 Å². The minimum absolute atomic E-state index is 0.0332. The highest BCUT2D eigenvalue weighted by Gasteiger charge is 2.25. The Balaban J connectivity index is 2.48. The Labute approximate surface area is 114 Å². The molecule has 110 valence electrons. The molecule has 0 aromatic heterocycles. The van der Waals surface area contributed by atoms with E-state index < -0.39 is 5.92 Å². The van der Waals surface area contributed by atoms with Crippen molar-refractivity contribution in [2.45, 2.75) is 19.4 Å². The zero-order valence-corrected chi connectivity index (χ0v) is 12.0. The predicted molar refractivity (Wildman–Crippen MR) is 74.1 cm³/mol. The fraction of sp³-hybridized carbons (Fsp3) is 0.833. The molecule has 1 saturated heterocycles. The molecule has 2 atom stereocenters. The van der Waals surface area contributed by atoms with Crippen LogP contribution in [0.2, 0.25) is 0 Å². The van der Waals surface area contributed by atoms with Gasteiger partial charge in [-0.05, 0) is 20.5 Å². The van der Waals surface area contributed by atoms with Crippen LogP contribution in [0.4, 0.5) is 0 Å². The van der Waals surface area contributed by atoms with E-state index in [0.29, 0.717) is 19.0 Å². The largest absolute Gasteiger partial charge is 0.409 e. The standard InChI is InChI=1S/C12H25N5O2/c1-4-10(11(13)15-19)12(18)14-7-9-8-16(2)5-6-17(9)3/h9-10,19H,4-8H2,1-3H3,(H2,13,15)(H,14,18). The molecule has 1 rings (SSSR count). The van der Waals surface area contributed by atoms with Crippen LogP contribution in [-0.2, 0) is 4.79 Å². The van der Waals surface area contributed by atoms with E-state index in [0.717, 1.165) is 19.6 Å². The van der Waals surface area contributed by atoms with Crippen LogP contribution in [0.15, 0.2) is 5.16 Å². The van der Waals surface area contributed by atoms with Gasteiger partial charge < -0.3 is 21.2 Å². The van der Waals surface area contributed by atoms with Gasteiger partial charge in [-0.2, -0.15) is 0 Å². The van der Waals surface area contributed by atoms with Gasteiger partial charge in [-0.1, -0.05) is 12.1 Å². The Morgan fingerprint density at radius 3 is 2.79 bits per heavy atom. The molecule has 1 heterocycles. The molecule has 0 radical (unpaired) electrons. The molecule has 0 aromatic rings. The topological polar surface area (TPSA) is 94.2 Å². The third-order valence-electron chi connectivity index (χ3n) is 3.69. The van der Waals surface area contributed by atoms with E-state index in [2.05, 4.69) is 34.4 Å². The SMILES string of the molecule is CCC(C(=O)NCC1CN(C)CCN1C)C(N)=NO. The minimum Gasteiger partial charge on any atom is -0.409 e. The summed E-state index contributed by atoms with van der Waals surface area (Å²) in [5.74, 6) is -0.773. The molecule has 0 aromatic carbocycles. The molecule has 1 fully saturated rings. The van der Waals surface area contributed by atoms with Gasteiger partial charge in [-0.15, -0.1) is 0 Å². The average Bonchev–Trinajstić information content (AvgIpc) is 2.40. The highest BCUT2D eigenvalue weighted by Crippen LogP contribution is 2.06. The minimum atomic E-state index is -0.559. The van der Waals surface area contributed by atoms with Crippen LogP contribution >= 0.6 is 0 Å². The molecule has 1 aliphatic rings. The molecule has 7 heteroatoms. The summed E-state index contributed by atoms with van der Waals surface area (Å²) in [6.07, 6.45) is 0.516. The van der Waals surface area contributed by atoms with E-state index in [1.54, 1.807) is 0 Å². The van der Waals surface area contributed by atoms with Crippen LogP contribution in [0.5, 0.6) is 0 Å². The molecule has 4 N–H and O–H groups in total. The van der Waals surface area contributed by atoms with Gasteiger partial charge in [-0.3, -0.25) is 9.69 Å². The number of rotatable bonds is 5. The number of oxime groups is 1. The summed E-state index contributed by atoms with van der Waals surface area (Å²) in [4.78, 5) is 16.5.